The van der Waals surface area contributed by atoms with Gasteiger partial charge in [0.15, 0.2) is 0 Å². The van der Waals surface area contributed by atoms with Crippen LogP contribution in [0.25, 0.3) is 0 Å². The summed E-state index contributed by atoms with van der Waals surface area (Å²) in [5.74, 6) is -0.209. The van der Waals surface area contributed by atoms with Gasteiger partial charge in [-0.25, -0.2) is 0 Å². The topological polar surface area (TPSA) is 65.1 Å². The number of hydrogen-bond donors (Lipinski definition) is 0. The molecule has 2 aliphatic heterocycles. The van der Waals surface area contributed by atoms with E-state index >= 15 is 0 Å². The molecule has 2 heterocycles. The van der Waals surface area contributed by atoms with Crippen molar-refractivity contribution in [3.63, 3.8) is 0 Å². The molecule has 2 aliphatic rings. The fraction of sp³-hybridized carbons (Fsp3) is 0.882. The molecule has 2 rings (SSSR count). The number of cyclic esters (lactones) is 1. The third kappa shape index (κ3) is 3.53. The summed E-state index contributed by atoms with van der Waals surface area (Å²) in [4.78, 5) is 27.3. The minimum Gasteiger partial charge on any atom is -0.463 e. The van der Waals surface area contributed by atoms with Crippen molar-refractivity contribution in [3.05, 3.63) is 0 Å². The van der Waals surface area contributed by atoms with Gasteiger partial charge in [-0.05, 0) is 26.2 Å². The average Bonchev–Trinajstić information content (AvgIpc) is 2.93. The minimum absolute atomic E-state index is 0.0801. The molecular weight excluding hydrogens is 298 g/mol. The normalized spacial score (nSPS) is 35.0. The molecule has 0 saturated carbocycles. The van der Waals surface area contributed by atoms with Crippen LogP contribution in [0.3, 0.4) is 0 Å². The number of carbonyl (C=O) groups excluding carboxylic acids is 2. The van der Waals surface area contributed by atoms with Crippen LogP contribution in [0.2, 0.25) is 0 Å². The van der Waals surface area contributed by atoms with Gasteiger partial charge in [0.25, 0.3) is 0 Å². The third-order valence-electron chi connectivity index (χ3n) is 5.29. The van der Waals surface area contributed by atoms with Gasteiger partial charge >= 0.3 is 5.97 Å². The van der Waals surface area contributed by atoms with E-state index in [2.05, 4.69) is 0 Å². The van der Waals surface area contributed by atoms with Crippen LogP contribution >= 0.6 is 0 Å². The van der Waals surface area contributed by atoms with Gasteiger partial charge in [-0.2, -0.15) is 0 Å². The van der Waals surface area contributed by atoms with Gasteiger partial charge in [0.1, 0.15) is 6.10 Å². The second-order valence-corrected chi connectivity index (χ2v) is 6.69. The van der Waals surface area contributed by atoms with Crippen LogP contribution in [-0.4, -0.2) is 62.4 Å². The SMILES string of the molecule is CC[C@@]1(C(=O)N2CCC[C@H]2COC)C[C@H](C)OC(=O)C[C@@H]1OC. The molecule has 0 aromatic rings. The highest BCUT2D eigenvalue weighted by Crippen LogP contribution is 2.42. The lowest BCUT2D eigenvalue weighted by Crippen LogP contribution is -2.53. The molecule has 2 saturated heterocycles. The molecule has 132 valence electrons. The van der Waals surface area contributed by atoms with Crippen molar-refractivity contribution >= 4 is 11.9 Å². The lowest BCUT2D eigenvalue weighted by Gasteiger charge is -2.41. The zero-order valence-electron chi connectivity index (χ0n) is 14.7. The molecule has 0 aromatic carbocycles. The summed E-state index contributed by atoms with van der Waals surface area (Å²) in [6.45, 7) is 5.14. The van der Waals surface area contributed by atoms with Gasteiger partial charge in [0, 0.05) is 27.2 Å². The highest BCUT2D eigenvalue weighted by atomic mass is 16.5. The summed E-state index contributed by atoms with van der Waals surface area (Å²) < 4.78 is 16.2. The zero-order chi connectivity index (χ0) is 17.0. The van der Waals surface area contributed by atoms with Crippen molar-refractivity contribution in [2.24, 2.45) is 5.41 Å². The highest BCUT2D eigenvalue weighted by Gasteiger charge is 2.52. The smallest absolute Gasteiger partial charge is 0.308 e. The predicted molar refractivity (Wildman–Crippen MR) is 84.9 cm³/mol. The maximum absolute atomic E-state index is 13.4. The van der Waals surface area contributed by atoms with Crippen molar-refractivity contribution in [3.8, 4) is 0 Å². The maximum Gasteiger partial charge on any atom is 0.308 e. The molecular formula is C17H29NO5. The van der Waals surface area contributed by atoms with E-state index in [4.69, 9.17) is 14.2 Å². The molecule has 0 unspecified atom stereocenters. The van der Waals surface area contributed by atoms with E-state index < -0.39 is 11.5 Å². The molecule has 4 atom stereocenters. The van der Waals surface area contributed by atoms with E-state index in [-0.39, 0.29) is 30.4 Å². The van der Waals surface area contributed by atoms with Crippen molar-refractivity contribution < 1.29 is 23.8 Å². The van der Waals surface area contributed by atoms with E-state index in [1.54, 1.807) is 14.2 Å². The summed E-state index contributed by atoms with van der Waals surface area (Å²) in [5, 5.41) is 0. The zero-order valence-corrected chi connectivity index (χ0v) is 14.7. The van der Waals surface area contributed by atoms with E-state index in [1.807, 2.05) is 18.7 Å². The van der Waals surface area contributed by atoms with Crippen molar-refractivity contribution in [2.75, 3.05) is 27.4 Å². The molecule has 0 aliphatic carbocycles. The highest BCUT2D eigenvalue weighted by molar-refractivity contribution is 5.85. The van der Waals surface area contributed by atoms with E-state index in [1.165, 1.54) is 0 Å². The Morgan fingerprint density at radius 2 is 2.17 bits per heavy atom. The molecule has 6 heteroatoms. The summed E-state index contributed by atoms with van der Waals surface area (Å²) in [7, 11) is 3.23. The Balaban J connectivity index is 2.32. The molecule has 6 nitrogen and oxygen atoms in total. The molecule has 2 fully saturated rings. The van der Waals surface area contributed by atoms with Crippen LogP contribution < -0.4 is 0 Å². The number of esters is 1. The van der Waals surface area contributed by atoms with Crippen LogP contribution in [0.15, 0.2) is 0 Å². The summed E-state index contributed by atoms with van der Waals surface area (Å²) >= 11 is 0. The lowest BCUT2D eigenvalue weighted by molar-refractivity contribution is -0.155. The van der Waals surface area contributed by atoms with Gasteiger partial charge < -0.3 is 19.1 Å². The molecule has 0 spiro atoms. The largest absolute Gasteiger partial charge is 0.463 e. The molecule has 0 radical (unpaired) electrons. The predicted octanol–water partition coefficient (Wildman–Crippen LogP) is 1.76. The number of methoxy groups -OCH3 is 2. The monoisotopic (exact) mass is 327 g/mol. The van der Waals surface area contributed by atoms with Crippen LogP contribution in [0.5, 0.6) is 0 Å². The van der Waals surface area contributed by atoms with Gasteiger partial charge in [-0.15, -0.1) is 0 Å². The van der Waals surface area contributed by atoms with Gasteiger partial charge in [0.2, 0.25) is 5.91 Å². The van der Waals surface area contributed by atoms with Crippen LogP contribution in [-0.2, 0) is 23.8 Å². The Hall–Kier alpha value is -1.14. The Labute approximate surface area is 138 Å². The number of rotatable bonds is 5. The van der Waals surface area contributed by atoms with E-state index in [9.17, 15) is 9.59 Å². The Kier molecular flexibility index (Phi) is 6.03. The summed E-state index contributed by atoms with van der Waals surface area (Å²) in [5.41, 5.74) is -0.712. The average molecular weight is 327 g/mol. The Bertz CT molecular complexity index is 441. The first-order chi connectivity index (χ1) is 11.0. The lowest BCUT2D eigenvalue weighted by atomic mass is 9.73. The fourth-order valence-corrected chi connectivity index (χ4v) is 4.12. The number of likely N-dealkylation sites (tertiary alicyclic amines) is 1. The number of amides is 1. The van der Waals surface area contributed by atoms with E-state index in [0.29, 0.717) is 19.4 Å². The first-order valence-corrected chi connectivity index (χ1v) is 8.50. The molecule has 0 bridgehead atoms. The van der Waals surface area contributed by atoms with Crippen molar-refractivity contribution in [1.82, 2.24) is 4.90 Å². The standard InChI is InChI=1S/C17H29NO5/c1-5-17(10-12(2)23-15(19)9-14(17)22-4)16(20)18-8-6-7-13(18)11-21-3/h12-14H,5-11H2,1-4H3/t12-,13-,14-,17+/m0/s1. The number of nitrogens with zero attached hydrogens (tertiary/aromatic N) is 1. The second-order valence-electron chi connectivity index (χ2n) is 6.69. The second kappa shape index (κ2) is 7.62. The molecule has 0 N–H and O–H groups in total. The first-order valence-electron chi connectivity index (χ1n) is 8.50. The number of ether oxygens (including phenoxy) is 3. The van der Waals surface area contributed by atoms with Crippen LogP contribution in [0.4, 0.5) is 0 Å². The maximum atomic E-state index is 13.4. The van der Waals surface area contributed by atoms with Crippen molar-refractivity contribution in [1.29, 1.82) is 0 Å². The third-order valence-corrected chi connectivity index (χ3v) is 5.29. The van der Waals surface area contributed by atoms with Crippen LogP contribution in [0.1, 0.15) is 46.0 Å². The first kappa shape index (κ1) is 18.2. The van der Waals surface area contributed by atoms with Crippen molar-refractivity contribution in [2.45, 2.75) is 64.2 Å². The summed E-state index contributed by atoms with van der Waals surface area (Å²) in [6.07, 6.45) is 2.48. The van der Waals surface area contributed by atoms with Gasteiger partial charge in [-0.1, -0.05) is 6.92 Å². The number of carbonyl (C=O) groups is 2. The minimum atomic E-state index is -0.712. The van der Waals surface area contributed by atoms with Gasteiger partial charge in [-0.3, -0.25) is 9.59 Å². The Morgan fingerprint density at radius 3 is 2.78 bits per heavy atom. The van der Waals surface area contributed by atoms with Crippen LogP contribution in [0, 0.1) is 5.41 Å². The number of hydrogen-bond acceptors (Lipinski definition) is 5. The molecule has 0 aromatic heterocycles. The fourth-order valence-electron chi connectivity index (χ4n) is 4.12. The van der Waals surface area contributed by atoms with Gasteiger partial charge in [0.05, 0.1) is 30.6 Å². The quantitative estimate of drug-likeness (QED) is 0.720. The molecule has 23 heavy (non-hydrogen) atoms. The molecule has 1 amide bonds. The van der Waals surface area contributed by atoms with E-state index in [0.717, 1.165) is 19.4 Å². The summed E-state index contributed by atoms with van der Waals surface area (Å²) in [6, 6.07) is 0.114. The Morgan fingerprint density at radius 1 is 1.43 bits per heavy atom.